The van der Waals surface area contributed by atoms with Gasteiger partial charge in [-0.25, -0.2) is 4.39 Å². The molecular weight excluding hydrogens is 577 g/mol. The number of fused-ring (bicyclic) bond motifs is 5. The lowest BCUT2D eigenvalue weighted by atomic mass is 10.00. The standard InChI is InChI=1S/C34H34FN5O5/c35-26-14-24-30-33(29(26)37-7-3-8-38-10-12-44-13-11-38)45-28-16-23-22(20-4-1-2-5-21(20)31(23)41)15-27(28)40(30)18-25(32(24)42)34(43)39-9-6-19(36)17-39/h2,5,14-16,18-19,37H,1,3-4,6-13,17,36H2/t19-/m0/s1. The number of hydrogen-bond donors (Lipinski definition) is 2. The van der Waals surface area contributed by atoms with E-state index < -0.39 is 17.2 Å². The van der Waals surface area contributed by atoms with E-state index in [0.717, 1.165) is 49.8 Å². The second-order valence-corrected chi connectivity index (χ2v) is 12.4. The van der Waals surface area contributed by atoms with E-state index >= 15 is 4.39 Å². The van der Waals surface area contributed by atoms with Crippen molar-refractivity contribution in [2.75, 3.05) is 57.8 Å². The highest BCUT2D eigenvalue weighted by Crippen LogP contribution is 2.37. The predicted octanol–water partition coefficient (Wildman–Crippen LogP) is 3.56. The second-order valence-electron chi connectivity index (χ2n) is 12.4. The third kappa shape index (κ3) is 4.60. The molecule has 2 aromatic heterocycles. The molecule has 0 bridgehead atoms. The van der Waals surface area contributed by atoms with Gasteiger partial charge in [-0.2, -0.15) is 0 Å². The number of ether oxygens (including phenoxy) is 1. The van der Waals surface area contributed by atoms with Crippen molar-refractivity contribution in [1.29, 1.82) is 0 Å². The van der Waals surface area contributed by atoms with Crippen LogP contribution in [0.25, 0.3) is 44.4 Å². The van der Waals surface area contributed by atoms with Crippen LogP contribution < -0.4 is 21.9 Å². The number of pyridine rings is 1. The van der Waals surface area contributed by atoms with Crippen LogP contribution in [0.2, 0.25) is 0 Å². The topological polar surface area (TPSA) is 123 Å². The van der Waals surface area contributed by atoms with Gasteiger partial charge in [-0.05, 0) is 61.4 Å². The minimum Gasteiger partial charge on any atom is -0.451 e. The van der Waals surface area contributed by atoms with E-state index in [2.05, 4.69) is 10.2 Å². The van der Waals surface area contributed by atoms with Crippen molar-refractivity contribution >= 4 is 56.0 Å². The normalized spacial score (nSPS) is 19.0. The molecule has 3 aliphatic rings. The predicted molar refractivity (Wildman–Crippen MR) is 172 cm³/mol. The Morgan fingerprint density at radius 1 is 1.07 bits per heavy atom. The molecule has 10 nitrogen and oxygen atoms in total. The Hall–Kier alpha value is -4.32. The molecule has 3 aromatic carbocycles. The average molecular weight is 612 g/mol. The maximum absolute atomic E-state index is 15.9. The van der Waals surface area contributed by atoms with Crippen LogP contribution in [0.3, 0.4) is 0 Å². The zero-order valence-corrected chi connectivity index (χ0v) is 24.9. The Morgan fingerprint density at radius 2 is 1.91 bits per heavy atom. The molecule has 0 saturated carbocycles. The first kappa shape index (κ1) is 28.2. The number of allylic oxidation sites excluding steroid dienone is 1. The number of nitrogens with two attached hydrogens (primary N) is 1. The molecule has 1 aliphatic carbocycles. The monoisotopic (exact) mass is 611 g/mol. The number of morpholine rings is 1. The summed E-state index contributed by atoms with van der Waals surface area (Å²) in [5, 5.41) is 4.62. The number of nitrogens with one attached hydrogen (secondary N) is 1. The largest absolute Gasteiger partial charge is 0.451 e. The number of anilines is 1. The van der Waals surface area contributed by atoms with Crippen LogP contribution in [0.1, 0.15) is 40.7 Å². The van der Waals surface area contributed by atoms with Crippen molar-refractivity contribution in [2.45, 2.75) is 31.7 Å². The molecule has 11 heteroatoms. The summed E-state index contributed by atoms with van der Waals surface area (Å²) >= 11 is 0. The van der Waals surface area contributed by atoms with Crippen LogP contribution in [0.15, 0.2) is 44.5 Å². The summed E-state index contributed by atoms with van der Waals surface area (Å²) in [5.41, 5.74) is 8.65. The van der Waals surface area contributed by atoms with E-state index in [1.165, 1.54) is 6.07 Å². The van der Waals surface area contributed by atoms with Crippen molar-refractivity contribution in [3.05, 3.63) is 73.4 Å². The minimum atomic E-state index is -0.650. The molecule has 45 heavy (non-hydrogen) atoms. The SMILES string of the molecule is N[C@H]1CCN(C(=O)c2cn3c4cc5c6c(c(=O)c5cc4oc4c(NCCCN5CCOCC5)c(F)cc(c2=O)c43)C=CCC6)C1. The molecule has 1 amide bonds. The van der Waals surface area contributed by atoms with E-state index in [0.29, 0.717) is 66.8 Å². The highest BCUT2D eigenvalue weighted by atomic mass is 19.1. The maximum atomic E-state index is 15.9. The molecule has 4 heterocycles. The van der Waals surface area contributed by atoms with Crippen LogP contribution in [0.4, 0.5) is 10.1 Å². The number of carbonyl (C=O) groups excluding carboxylic acids is 1. The number of nitrogens with zero attached hydrogens (tertiary/aromatic N) is 3. The van der Waals surface area contributed by atoms with Crippen LogP contribution in [-0.2, 0) is 11.2 Å². The quantitative estimate of drug-likeness (QED) is 0.170. The van der Waals surface area contributed by atoms with Crippen LogP contribution in [-0.4, -0.2) is 78.6 Å². The van der Waals surface area contributed by atoms with Gasteiger partial charge in [0.25, 0.3) is 5.91 Å². The van der Waals surface area contributed by atoms with Crippen LogP contribution in [0.5, 0.6) is 0 Å². The number of amides is 1. The Labute approximate surface area is 257 Å². The first-order valence-electron chi connectivity index (χ1n) is 15.7. The summed E-state index contributed by atoms with van der Waals surface area (Å²) in [6, 6.07) is 4.65. The van der Waals surface area contributed by atoms with Gasteiger partial charge in [0, 0.05) is 55.9 Å². The van der Waals surface area contributed by atoms with Gasteiger partial charge in [0.15, 0.2) is 22.4 Å². The third-order valence-corrected chi connectivity index (χ3v) is 9.55. The highest BCUT2D eigenvalue weighted by molar-refractivity contribution is 6.08. The van der Waals surface area contributed by atoms with E-state index in [-0.39, 0.29) is 33.7 Å². The smallest absolute Gasteiger partial charge is 0.259 e. The molecule has 8 rings (SSSR count). The fraction of sp³-hybridized carbons (Fsp3) is 0.382. The van der Waals surface area contributed by atoms with Gasteiger partial charge < -0.3 is 29.5 Å². The minimum absolute atomic E-state index is 0.0541. The van der Waals surface area contributed by atoms with E-state index in [1.54, 1.807) is 21.6 Å². The summed E-state index contributed by atoms with van der Waals surface area (Å²) < 4.78 is 29.5. The second kappa shape index (κ2) is 10.9. The Bertz CT molecular complexity index is 2150. The van der Waals surface area contributed by atoms with Gasteiger partial charge in [-0.15, -0.1) is 0 Å². The lowest BCUT2D eigenvalue weighted by molar-refractivity contribution is 0.0378. The lowest BCUT2D eigenvalue weighted by Crippen LogP contribution is -2.37. The van der Waals surface area contributed by atoms with Crippen molar-refractivity contribution in [2.24, 2.45) is 5.73 Å². The van der Waals surface area contributed by atoms with Crippen LogP contribution in [0, 0.1) is 5.82 Å². The molecule has 2 fully saturated rings. The summed E-state index contributed by atoms with van der Waals surface area (Å²) in [7, 11) is 0. The van der Waals surface area contributed by atoms with Crippen molar-refractivity contribution < 1.29 is 18.3 Å². The first-order chi connectivity index (χ1) is 21.9. The molecule has 0 radical (unpaired) electrons. The van der Waals surface area contributed by atoms with E-state index in [1.807, 2.05) is 18.2 Å². The molecular formula is C34H34FN5O5. The molecule has 232 valence electrons. The summed E-state index contributed by atoms with van der Waals surface area (Å²) in [6.45, 7) is 5.25. The molecule has 0 spiro atoms. The molecule has 2 saturated heterocycles. The zero-order valence-electron chi connectivity index (χ0n) is 24.9. The Balaban J connectivity index is 1.32. The fourth-order valence-electron chi connectivity index (χ4n) is 7.20. The van der Waals surface area contributed by atoms with Gasteiger partial charge in [-0.3, -0.25) is 19.3 Å². The maximum Gasteiger partial charge on any atom is 0.259 e. The molecule has 3 N–H and O–H groups in total. The summed E-state index contributed by atoms with van der Waals surface area (Å²) in [5.74, 6) is -1.08. The molecule has 0 unspecified atom stereocenters. The first-order valence-corrected chi connectivity index (χ1v) is 15.7. The molecule has 1 atom stereocenters. The van der Waals surface area contributed by atoms with E-state index in [4.69, 9.17) is 14.9 Å². The molecule has 5 aromatic rings. The van der Waals surface area contributed by atoms with Crippen LogP contribution >= 0.6 is 0 Å². The highest BCUT2D eigenvalue weighted by Gasteiger charge is 2.29. The van der Waals surface area contributed by atoms with Gasteiger partial charge in [-0.1, -0.05) is 12.2 Å². The Morgan fingerprint density at radius 3 is 2.71 bits per heavy atom. The number of benzene rings is 2. The zero-order chi connectivity index (χ0) is 30.8. The Kier molecular flexibility index (Phi) is 6.85. The number of halogens is 1. The average Bonchev–Trinajstić information content (AvgIpc) is 3.61. The number of hydrogen-bond acceptors (Lipinski definition) is 8. The van der Waals surface area contributed by atoms with Crippen molar-refractivity contribution in [3.8, 4) is 0 Å². The van der Waals surface area contributed by atoms with Gasteiger partial charge >= 0.3 is 0 Å². The van der Waals surface area contributed by atoms with E-state index in [9.17, 15) is 14.4 Å². The molecule has 2 aliphatic heterocycles. The van der Waals surface area contributed by atoms with Crippen molar-refractivity contribution in [3.63, 3.8) is 0 Å². The number of likely N-dealkylation sites (tertiary alicyclic amines) is 1. The fourth-order valence-corrected chi connectivity index (χ4v) is 7.20. The number of carbonyl (C=O) groups is 1. The summed E-state index contributed by atoms with van der Waals surface area (Å²) in [6.07, 6.45) is 8.40. The van der Waals surface area contributed by atoms with Gasteiger partial charge in [0.2, 0.25) is 5.43 Å². The number of rotatable bonds is 6. The van der Waals surface area contributed by atoms with Gasteiger partial charge in [0.1, 0.15) is 16.8 Å². The van der Waals surface area contributed by atoms with Crippen molar-refractivity contribution in [1.82, 2.24) is 14.2 Å². The third-order valence-electron chi connectivity index (χ3n) is 9.55. The lowest BCUT2D eigenvalue weighted by Gasteiger charge is -2.26. The number of aryl methyl sites for hydroxylation is 1. The van der Waals surface area contributed by atoms with Gasteiger partial charge in [0.05, 0.1) is 24.1 Å². The summed E-state index contributed by atoms with van der Waals surface area (Å²) in [4.78, 5) is 44.8. The number of aromatic nitrogens is 1.